The molecule has 0 aromatic heterocycles. The van der Waals surface area contributed by atoms with Gasteiger partial charge in [0.25, 0.3) is 5.69 Å². The fraction of sp³-hybridized carbons (Fsp3) is 0. The van der Waals surface area contributed by atoms with Gasteiger partial charge in [0.2, 0.25) is 0 Å². The number of benzene rings is 2. The van der Waals surface area contributed by atoms with Crippen LogP contribution in [0.1, 0.15) is 0 Å². The van der Waals surface area contributed by atoms with Crippen molar-refractivity contribution in [3.8, 4) is 5.75 Å². The van der Waals surface area contributed by atoms with Gasteiger partial charge in [-0.3, -0.25) is 10.1 Å². The van der Waals surface area contributed by atoms with Crippen LogP contribution in [0.5, 0.6) is 5.75 Å². The molecule has 0 atom stereocenters. The molecular formula is C12H10N4O3. The van der Waals surface area contributed by atoms with Gasteiger partial charge in [-0.25, -0.2) is 0 Å². The van der Waals surface area contributed by atoms with Crippen molar-refractivity contribution in [3.05, 3.63) is 52.6 Å². The van der Waals surface area contributed by atoms with E-state index in [4.69, 9.17) is 5.73 Å². The van der Waals surface area contributed by atoms with E-state index in [1.54, 1.807) is 12.1 Å². The van der Waals surface area contributed by atoms with Crippen LogP contribution in [0.25, 0.3) is 0 Å². The summed E-state index contributed by atoms with van der Waals surface area (Å²) in [4.78, 5) is 10.2. The van der Waals surface area contributed by atoms with Gasteiger partial charge in [0.1, 0.15) is 11.4 Å². The van der Waals surface area contributed by atoms with E-state index in [2.05, 4.69) is 10.2 Å². The fourth-order valence-corrected chi connectivity index (χ4v) is 1.44. The molecule has 0 bridgehead atoms. The minimum absolute atomic E-state index is 0.115. The smallest absolute Gasteiger partial charge is 0.296 e. The van der Waals surface area contributed by atoms with E-state index in [1.165, 1.54) is 30.3 Å². The highest BCUT2D eigenvalue weighted by Crippen LogP contribution is 2.32. The highest BCUT2D eigenvalue weighted by atomic mass is 16.6. The Morgan fingerprint density at radius 1 is 1.11 bits per heavy atom. The van der Waals surface area contributed by atoms with Crippen molar-refractivity contribution in [3.63, 3.8) is 0 Å². The van der Waals surface area contributed by atoms with Crippen LogP contribution < -0.4 is 5.73 Å². The van der Waals surface area contributed by atoms with Gasteiger partial charge >= 0.3 is 0 Å². The highest BCUT2D eigenvalue weighted by Gasteiger charge is 2.11. The average molecular weight is 258 g/mol. The number of anilines is 1. The molecule has 0 saturated carbocycles. The summed E-state index contributed by atoms with van der Waals surface area (Å²) in [5.74, 6) is -0.137. The molecule has 0 saturated heterocycles. The number of phenols is 1. The van der Waals surface area contributed by atoms with Crippen molar-refractivity contribution >= 4 is 22.7 Å². The molecule has 0 unspecified atom stereocenters. The molecule has 19 heavy (non-hydrogen) atoms. The largest absolute Gasteiger partial charge is 0.506 e. The van der Waals surface area contributed by atoms with E-state index in [-0.39, 0.29) is 22.8 Å². The molecule has 0 aliphatic heterocycles. The van der Waals surface area contributed by atoms with Gasteiger partial charge in [-0.1, -0.05) is 12.1 Å². The van der Waals surface area contributed by atoms with Gasteiger partial charge in [-0.15, -0.1) is 10.2 Å². The number of azo groups is 1. The predicted octanol–water partition coefficient (Wildman–Crippen LogP) is 3.30. The summed E-state index contributed by atoms with van der Waals surface area (Å²) >= 11 is 0. The Bertz CT molecular complexity index is 655. The van der Waals surface area contributed by atoms with Crippen molar-refractivity contribution in [2.75, 3.05) is 5.73 Å². The van der Waals surface area contributed by atoms with Crippen LogP contribution in [-0.2, 0) is 0 Å². The molecule has 2 rings (SSSR count). The number of phenolic OH excluding ortho intramolecular Hbond substituents is 1. The molecule has 0 fully saturated rings. The molecule has 0 radical (unpaired) electrons. The van der Waals surface area contributed by atoms with Gasteiger partial charge in [0, 0.05) is 17.8 Å². The topological polar surface area (TPSA) is 114 Å². The van der Waals surface area contributed by atoms with Crippen molar-refractivity contribution in [2.24, 2.45) is 10.2 Å². The number of nitro groups is 1. The maximum absolute atomic E-state index is 10.8. The van der Waals surface area contributed by atoms with E-state index in [9.17, 15) is 15.2 Å². The standard InChI is InChI=1S/C12H10N4O3/c13-8-5-6-10(12(17)7-8)15-14-9-3-1-2-4-11(9)16(18)19/h1-7,17H,13H2. The molecule has 0 aliphatic carbocycles. The normalized spacial score (nSPS) is 10.7. The number of nitro benzene ring substituents is 1. The third-order valence-electron chi connectivity index (χ3n) is 2.34. The average Bonchev–Trinajstić information content (AvgIpc) is 2.38. The van der Waals surface area contributed by atoms with Crippen molar-refractivity contribution in [1.29, 1.82) is 0 Å². The molecule has 96 valence electrons. The third-order valence-corrected chi connectivity index (χ3v) is 2.34. The molecule has 0 heterocycles. The van der Waals surface area contributed by atoms with Crippen LogP contribution in [0.3, 0.4) is 0 Å². The summed E-state index contributed by atoms with van der Waals surface area (Å²) in [6, 6.07) is 10.3. The zero-order valence-electron chi connectivity index (χ0n) is 9.72. The number of para-hydroxylation sites is 1. The second kappa shape index (κ2) is 5.13. The minimum atomic E-state index is -0.544. The van der Waals surface area contributed by atoms with E-state index >= 15 is 0 Å². The Balaban J connectivity index is 2.35. The highest BCUT2D eigenvalue weighted by molar-refractivity contribution is 5.60. The number of hydrogen-bond donors (Lipinski definition) is 2. The van der Waals surface area contributed by atoms with Crippen LogP contribution in [0.15, 0.2) is 52.7 Å². The predicted molar refractivity (Wildman–Crippen MR) is 69.8 cm³/mol. The zero-order valence-corrected chi connectivity index (χ0v) is 9.72. The number of nitrogens with zero attached hydrogens (tertiary/aromatic N) is 3. The number of hydrogen-bond acceptors (Lipinski definition) is 6. The monoisotopic (exact) mass is 258 g/mol. The minimum Gasteiger partial charge on any atom is -0.506 e. The fourth-order valence-electron chi connectivity index (χ4n) is 1.44. The second-order valence-electron chi connectivity index (χ2n) is 3.69. The van der Waals surface area contributed by atoms with Gasteiger partial charge in [-0.2, -0.15) is 0 Å². The first kappa shape index (κ1) is 12.5. The Morgan fingerprint density at radius 3 is 2.47 bits per heavy atom. The van der Waals surface area contributed by atoms with Gasteiger partial charge < -0.3 is 10.8 Å². The van der Waals surface area contributed by atoms with Crippen molar-refractivity contribution in [1.82, 2.24) is 0 Å². The lowest BCUT2D eigenvalue weighted by Crippen LogP contribution is -1.87. The van der Waals surface area contributed by atoms with E-state index in [0.29, 0.717) is 5.69 Å². The van der Waals surface area contributed by atoms with Crippen LogP contribution >= 0.6 is 0 Å². The molecule has 0 spiro atoms. The molecule has 0 amide bonds. The Morgan fingerprint density at radius 2 is 1.79 bits per heavy atom. The lowest BCUT2D eigenvalue weighted by Gasteiger charge is -1.99. The number of nitrogens with two attached hydrogens (primary N) is 1. The van der Waals surface area contributed by atoms with Crippen molar-refractivity contribution < 1.29 is 10.0 Å². The SMILES string of the molecule is Nc1ccc(N=Nc2ccccc2[N+](=O)[O-])c(O)c1. The van der Waals surface area contributed by atoms with Gasteiger partial charge in [0.05, 0.1) is 4.92 Å². The Hall–Kier alpha value is -2.96. The van der Waals surface area contributed by atoms with Crippen LogP contribution in [0, 0.1) is 10.1 Å². The number of nitrogen functional groups attached to an aromatic ring is 1. The molecule has 2 aromatic carbocycles. The first-order valence-electron chi connectivity index (χ1n) is 5.31. The summed E-state index contributed by atoms with van der Waals surface area (Å²) in [7, 11) is 0. The molecule has 3 N–H and O–H groups in total. The second-order valence-corrected chi connectivity index (χ2v) is 3.69. The Kier molecular flexibility index (Phi) is 3.37. The summed E-state index contributed by atoms with van der Waals surface area (Å²) in [5, 5.41) is 27.9. The van der Waals surface area contributed by atoms with E-state index in [0.717, 1.165) is 0 Å². The summed E-state index contributed by atoms with van der Waals surface area (Å²) in [6.07, 6.45) is 0. The summed E-state index contributed by atoms with van der Waals surface area (Å²) in [6.45, 7) is 0. The number of aromatic hydroxyl groups is 1. The lowest BCUT2D eigenvalue weighted by molar-refractivity contribution is -0.384. The summed E-state index contributed by atoms with van der Waals surface area (Å²) < 4.78 is 0. The third kappa shape index (κ3) is 2.83. The zero-order chi connectivity index (χ0) is 13.8. The molecule has 7 nitrogen and oxygen atoms in total. The molecule has 2 aromatic rings. The maximum atomic E-state index is 10.8. The van der Waals surface area contributed by atoms with E-state index < -0.39 is 4.92 Å². The molecule has 7 heteroatoms. The van der Waals surface area contributed by atoms with E-state index in [1.807, 2.05) is 0 Å². The molecule has 0 aliphatic rings. The van der Waals surface area contributed by atoms with Crippen LogP contribution in [0.2, 0.25) is 0 Å². The first-order valence-corrected chi connectivity index (χ1v) is 5.31. The van der Waals surface area contributed by atoms with Crippen LogP contribution in [0.4, 0.5) is 22.7 Å². The quantitative estimate of drug-likeness (QED) is 0.380. The maximum Gasteiger partial charge on any atom is 0.296 e. The molecular weight excluding hydrogens is 248 g/mol. The number of rotatable bonds is 3. The van der Waals surface area contributed by atoms with Crippen LogP contribution in [-0.4, -0.2) is 10.0 Å². The van der Waals surface area contributed by atoms with Gasteiger partial charge in [0.15, 0.2) is 5.69 Å². The van der Waals surface area contributed by atoms with Gasteiger partial charge in [-0.05, 0) is 18.2 Å². The first-order chi connectivity index (χ1) is 9.08. The van der Waals surface area contributed by atoms with Crippen molar-refractivity contribution in [2.45, 2.75) is 0 Å². The Labute approximate surface area is 108 Å². The summed E-state index contributed by atoms with van der Waals surface area (Å²) in [5.41, 5.74) is 6.02. The lowest BCUT2D eigenvalue weighted by atomic mass is 10.2.